The van der Waals surface area contributed by atoms with Crippen LogP contribution in [0.2, 0.25) is 0 Å². The summed E-state index contributed by atoms with van der Waals surface area (Å²) < 4.78 is 6.72. The predicted molar refractivity (Wildman–Crippen MR) is 103 cm³/mol. The van der Waals surface area contributed by atoms with E-state index in [0.29, 0.717) is 5.75 Å². The lowest BCUT2D eigenvalue weighted by Crippen LogP contribution is -2.32. The predicted octanol–water partition coefficient (Wildman–Crippen LogP) is 4.64. The normalized spacial score (nSPS) is 11.9. The molecule has 1 atom stereocenters. The van der Waals surface area contributed by atoms with Crippen molar-refractivity contribution in [2.75, 3.05) is 6.61 Å². The Morgan fingerprint density at radius 3 is 2.68 bits per heavy atom. The highest BCUT2D eigenvalue weighted by Gasteiger charge is 2.13. The molecule has 1 amide bonds. The lowest BCUT2D eigenvalue weighted by molar-refractivity contribution is -0.123. The molecule has 0 aliphatic rings. The summed E-state index contributed by atoms with van der Waals surface area (Å²) in [7, 11) is 0. The monoisotopic (exact) mass is 398 g/mol. The summed E-state index contributed by atoms with van der Waals surface area (Å²) in [4.78, 5) is 16.6. The number of hydrogen-bond donors (Lipinski definition) is 1. The number of benzene rings is 2. The van der Waals surface area contributed by atoms with E-state index in [2.05, 4.69) is 26.2 Å². The van der Waals surface area contributed by atoms with Crippen molar-refractivity contribution < 1.29 is 9.53 Å². The van der Waals surface area contributed by atoms with Gasteiger partial charge in [-0.3, -0.25) is 9.78 Å². The molecule has 4 nitrogen and oxygen atoms in total. The Bertz CT molecular complexity index is 860. The molecule has 3 aromatic rings. The van der Waals surface area contributed by atoms with Gasteiger partial charge in [-0.1, -0.05) is 53.2 Å². The maximum atomic E-state index is 12.3. The van der Waals surface area contributed by atoms with Gasteiger partial charge in [-0.2, -0.15) is 0 Å². The van der Waals surface area contributed by atoms with E-state index in [1.165, 1.54) is 0 Å². The van der Waals surface area contributed by atoms with Crippen LogP contribution < -0.4 is 10.1 Å². The zero-order chi connectivity index (χ0) is 17.6. The van der Waals surface area contributed by atoms with Crippen molar-refractivity contribution in [1.29, 1.82) is 0 Å². The van der Waals surface area contributed by atoms with Gasteiger partial charge in [0.15, 0.2) is 6.61 Å². The number of para-hydroxylation sites is 1. The second-order valence-electron chi connectivity index (χ2n) is 5.70. The van der Waals surface area contributed by atoms with E-state index in [9.17, 15) is 4.79 Å². The van der Waals surface area contributed by atoms with E-state index in [1.54, 1.807) is 6.20 Å². The molecule has 0 radical (unpaired) electrons. The van der Waals surface area contributed by atoms with Gasteiger partial charge in [0.25, 0.3) is 5.91 Å². The van der Waals surface area contributed by atoms with Crippen molar-refractivity contribution in [2.24, 2.45) is 0 Å². The molecular weight excluding hydrogens is 380 g/mol. The van der Waals surface area contributed by atoms with Crippen LogP contribution in [0.15, 0.2) is 65.3 Å². The first-order valence-electron chi connectivity index (χ1n) is 8.18. The smallest absolute Gasteiger partial charge is 0.258 e. The van der Waals surface area contributed by atoms with E-state index in [1.807, 2.05) is 61.5 Å². The molecule has 0 bridgehead atoms. The number of rotatable bonds is 6. The van der Waals surface area contributed by atoms with Gasteiger partial charge >= 0.3 is 0 Å². The van der Waals surface area contributed by atoms with Gasteiger partial charge in [0.2, 0.25) is 0 Å². The van der Waals surface area contributed by atoms with Crippen molar-refractivity contribution in [3.63, 3.8) is 0 Å². The van der Waals surface area contributed by atoms with Crippen LogP contribution in [0.4, 0.5) is 0 Å². The van der Waals surface area contributed by atoms with Crippen LogP contribution in [0, 0.1) is 0 Å². The first-order valence-corrected chi connectivity index (χ1v) is 8.98. The minimum atomic E-state index is -0.150. The van der Waals surface area contributed by atoms with Gasteiger partial charge < -0.3 is 10.1 Å². The van der Waals surface area contributed by atoms with Crippen LogP contribution in [0.5, 0.6) is 5.75 Å². The van der Waals surface area contributed by atoms with Crippen LogP contribution in [-0.4, -0.2) is 17.5 Å². The number of carbonyl (C=O) groups excluding carboxylic acids is 1. The molecule has 1 aromatic heterocycles. The first-order chi connectivity index (χ1) is 12.2. The van der Waals surface area contributed by atoms with Gasteiger partial charge in [0, 0.05) is 16.1 Å². The fourth-order valence-corrected chi connectivity index (χ4v) is 2.95. The molecule has 128 valence electrons. The zero-order valence-electron chi connectivity index (χ0n) is 13.9. The molecule has 1 heterocycles. The molecule has 1 N–H and O–H groups in total. The molecule has 0 aliphatic heterocycles. The summed E-state index contributed by atoms with van der Waals surface area (Å²) in [6.45, 7) is 2.01. The number of aromatic nitrogens is 1. The third-order valence-corrected chi connectivity index (χ3v) is 4.50. The quantitative estimate of drug-likeness (QED) is 0.657. The Kier molecular flexibility index (Phi) is 5.66. The number of halogens is 1. The SMILES string of the molecule is CC[C@H](NC(=O)COc1cccc2cccnc12)c1ccc(Br)cc1. The van der Waals surface area contributed by atoms with Crippen molar-refractivity contribution >= 4 is 32.7 Å². The molecular formula is C20H19BrN2O2. The molecule has 0 unspecified atom stereocenters. The Morgan fingerprint density at radius 1 is 1.16 bits per heavy atom. The Labute approximate surface area is 155 Å². The van der Waals surface area contributed by atoms with Crippen LogP contribution in [0.25, 0.3) is 10.9 Å². The van der Waals surface area contributed by atoms with Gasteiger partial charge in [-0.05, 0) is 36.2 Å². The Morgan fingerprint density at radius 2 is 1.92 bits per heavy atom. The second kappa shape index (κ2) is 8.12. The zero-order valence-corrected chi connectivity index (χ0v) is 15.5. The number of nitrogens with zero attached hydrogens (tertiary/aromatic N) is 1. The minimum Gasteiger partial charge on any atom is -0.481 e. The molecule has 0 fully saturated rings. The summed E-state index contributed by atoms with van der Waals surface area (Å²) in [5.41, 5.74) is 1.84. The standard InChI is InChI=1S/C20H19BrN2O2/c1-2-17(14-8-10-16(21)11-9-14)23-19(24)13-25-18-7-3-5-15-6-4-12-22-20(15)18/h3-12,17H,2,13H2,1H3,(H,23,24)/t17-/m0/s1. The number of hydrogen-bond acceptors (Lipinski definition) is 3. The molecule has 0 aliphatic carbocycles. The lowest BCUT2D eigenvalue weighted by atomic mass is 10.0. The number of fused-ring (bicyclic) bond motifs is 1. The van der Waals surface area contributed by atoms with Crippen LogP contribution >= 0.6 is 15.9 Å². The molecule has 2 aromatic carbocycles. The van der Waals surface area contributed by atoms with Crippen molar-refractivity contribution in [1.82, 2.24) is 10.3 Å². The lowest BCUT2D eigenvalue weighted by Gasteiger charge is -2.18. The average molecular weight is 399 g/mol. The summed E-state index contributed by atoms with van der Waals surface area (Å²) >= 11 is 3.42. The second-order valence-corrected chi connectivity index (χ2v) is 6.62. The molecule has 0 saturated carbocycles. The number of ether oxygens (including phenoxy) is 1. The van der Waals surface area contributed by atoms with Gasteiger partial charge in [0.1, 0.15) is 11.3 Å². The highest BCUT2D eigenvalue weighted by molar-refractivity contribution is 9.10. The Balaban J connectivity index is 1.64. The van der Waals surface area contributed by atoms with E-state index in [-0.39, 0.29) is 18.6 Å². The van der Waals surface area contributed by atoms with E-state index in [0.717, 1.165) is 27.4 Å². The average Bonchev–Trinajstić information content (AvgIpc) is 2.65. The minimum absolute atomic E-state index is 0.0326. The summed E-state index contributed by atoms with van der Waals surface area (Å²) in [5, 5.41) is 4.01. The third-order valence-electron chi connectivity index (χ3n) is 3.97. The summed E-state index contributed by atoms with van der Waals surface area (Å²) in [6, 6.07) is 17.5. The topological polar surface area (TPSA) is 51.2 Å². The maximum Gasteiger partial charge on any atom is 0.258 e. The summed E-state index contributed by atoms with van der Waals surface area (Å²) in [6.07, 6.45) is 2.53. The Hall–Kier alpha value is -2.40. The molecule has 0 spiro atoms. The van der Waals surface area contributed by atoms with Crippen molar-refractivity contribution in [3.8, 4) is 5.75 Å². The first kappa shape index (κ1) is 17.4. The van der Waals surface area contributed by atoms with Gasteiger partial charge in [0.05, 0.1) is 6.04 Å². The van der Waals surface area contributed by atoms with Gasteiger partial charge in [-0.15, -0.1) is 0 Å². The van der Waals surface area contributed by atoms with Crippen molar-refractivity contribution in [3.05, 3.63) is 70.8 Å². The molecule has 3 rings (SSSR count). The van der Waals surface area contributed by atoms with Crippen LogP contribution in [0.3, 0.4) is 0 Å². The highest BCUT2D eigenvalue weighted by Crippen LogP contribution is 2.23. The van der Waals surface area contributed by atoms with Crippen LogP contribution in [-0.2, 0) is 4.79 Å². The van der Waals surface area contributed by atoms with Gasteiger partial charge in [-0.25, -0.2) is 0 Å². The summed E-state index contributed by atoms with van der Waals surface area (Å²) in [5.74, 6) is 0.465. The largest absolute Gasteiger partial charge is 0.481 e. The molecule has 0 saturated heterocycles. The van der Waals surface area contributed by atoms with E-state index >= 15 is 0 Å². The maximum absolute atomic E-state index is 12.3. The number of carbonyl (C=O) groups is 1. The number of nitrogens with one attached hydrogen (secondary N) is 1. The fraction of sp³-hybridized carbons (Fsp3) is 0.200. The van der Waals surface area contributed by atoms with E-state index < -0.39 is 0 Å². The van der Waals surface area contributed by atoms with Crippen molar-refractivity contribution in [2.45, 2.75) is 19.4 Å². The third kappa shape index (κ3) is 4.37. The van der Waals surface area contributed by atoms with Crippen LogP contribution in [0.1, 0.15) is 24.9 Å². The highest BCUT2D eigenvalue weighted by atomic mass is 79.9. The molecule has 5 heteroatoms. The number of amides is 1. The number of pyridine rings is 1. The molecule has 25 heavy (non-hydrogen) atoms. The van der Waals surface area contributed by atoms with E-state index in [4.69, 9.17) is 4.74 Å². The fourth-order valence-electron chi connectivity index (χ4n) is 2.69.